The molecular formula is C13H21N3O2S. The van der Waals surface area contributed by atoms with Gasteiger partial charge in [-0.15, -0.1) is 0 Å². The second-order valence-electron chi connectivity index (χ2n) is 5.51. The van der Waals surface area contributed by atoms with Crippen LogP contribution in [-0.2, 0) is 9.84 Å². The average Bonchev–Trinajstić information content (AvgIpc) is 2.26. The predicted octanol–water partition coefficient (Wildman–Crippen LogP) is 1.90. The smallest absolute Gasteiger partial charge is 0.152 e. The molecule has 1 saturated heterocycles. The van der Waals surface area contributed by atoms with Crippen LogP contribution in [0.2, 0.25) is 0 Å². The topological polar surface area (TPSA) is 72.0 Å². The van der Waals surface area contributed by atoms with E-state index in [1.807, 2.05) is 26.8 Å². The number of anilines is 1. The van der Waals surface area contributed by atoms with E-state index in [1.54, 1.807) is 0 Å². The summed E-state index contributed by atoms with van der Waals surface area (Å²) >= 11 is 0. The number of aryl methyl sites for hydroxylation is 1. The fourth-order valence-electron chi connectivity index (χ4n) is 2.27. The summed E-state index contributed by atoms with van der Waals surface area (Å²) in [5, 5.41) is 3.24. The molecule has 1 aromatic heterocycles. The van der Waals surface area contributed by atoms with Crippen molar-refractivity contribution in [2.24, 2.45) is 0 Å². The van der Waals surface area contributed by atoms with Crippen LogP contribution in [0, 0.1) is 6.92 Å². The second-order valence-corrected chi connectivity index (χ2v) is 7.73. The molecule has 0 aromatic carbocycles. The van der Waals surface area contributed by atoms with Crippen LogP contribution in [0.5, 0.6) is 0 Å². The van der Waals surface area contributed by atoms with Gasteiger partial charge in [0.25, 0.3) is 0 Å². The highest BCUT2D eigenvalue weighted by Gasteiger charge is 2.25. The molecule has 6 heteroatoms. The molecule has 1 aliphatic heterocycles. The fraction of sp³-hybridized carbons (Fsp3) is 0.692. The molecule has 106 valence electrons. The molecule has 1 aromatic rings. The van der Waals surface area contributed by atoms with Gasteiger partial charge < -0.3 is 5.32 Å². The van der Waals surface area contributed by atoms with Gasteiger partial charge >= 0.3 is 0 Å². The summed E-state index contributed by atoms with van der Waals surface area (Å²) in [6.07, 6.45) is 1.60. The third-order valence-electron chi connectivity index (χ3n) is 3.20. The maximum atomic E-state index is 11.6. The summed E-state index contributed by atoms with van der Waals surface area (Å²) in [5.74, 6) is 2.30. The number of hydrogen-bond acceptors (Lipinski definition) is 5. The molecule has 1 fully saturated rings. The third kappa shape index (κ3) is 3.89. The normalized spacial score (nSPS) is 22.4. The summed E-state index contributed by atoms with van der Waals surface area (Å²) in [5.41, 5.74) is 0.903. The molecule has 19 heavy (non-hydrogen) atoms. The van der Waals surface area contributed by atoms with E-state index in [1.165, 1.54) is 0 Å². The minimum Gasteiger partial charge on any atom is -0.366 e. The van der Waals surface area contributed by atoms with Gasteiger partial charge in [0.1, 0.15) is 11.6 Å². The lowest BCUT2D eigenvalue weighted by atomic mass is 10.2. The van der Waals surface area contributed by atoms with Gasteiger partial charge in [-0.05, 0) is 19.8 Å². The first kappa shape index (κ1) is 14.2. The third-order valence-corrected chi connectivity index (χ3v) is 5.02. The molecule has 1 atom stereocenters. The van der Waals surface area contributed by atoms with Crippen molar-refractivity contribution in [1.29, 1.82) is 0 Å². The van der Waals surface area contributed by atoms with Crippen LogP contribution in [-0.4, -0.2) is 35.9 Å². The zero-order chi connectivity index (χ0) is 14.0. The highest BCUT2D eigenvalue weighted by atomic mass is 32.2. The summed E-state index contributed by atoms with van der Waals surface area (Å²) in [6, 6.07) is 1.83. The van der Waals surface area contributed by atoms with Gasteiger partial charge in [-0.3, -0.25) is 0 Å². The van der Waals surface area contributed by atoms with Gasteiger partial charge in [-0.1, -0.05) is 13.8 Å². The van der Waals surface area contributed by atoms with E-state index in [0.717, 1.165) is 30.2 Å². The van der Waals surface area contributed by atoms with Crippen LogP contribution in [0.1, 0.15) is 44.1 Å². The van der Waals surface area contributed by atoms with Crippen molar-refractivity contribution < 1.29 is 8.42 Å². The van der Waals surface area contributed by atoms with Gasteiger partial charge in [0.05, 0.1) is 11.5 Å². The van der Waals surface area contributed by atoms with Gasteiger partial charge in [-0.25, -0.2) is 18.4 Å². The van der Waals surface area contributed by atoms with E-state index < -0.39 is 9.84 Å². The van der Waals surface area contributed by atoms with Crippen LogP contribution in [0.25, 0.3) is 0 Å². The molecule has 1 unspecified atom stereocenters. The molecular weight excluding hydrogens is 262 g/mol. The second kappa shape index (κ2) is 5.45. The van der Waals surface area contributed by atoms with E-state index in [9.17, 15) is 8.42 Å². The fourth-order valence-corrected chi connectivity index (χ4v) is 3.91. The maximum absolute atomic E-state index is 11.6. The molecule has 2 rings (SSSR count). The van der Waals surface area contributed by atoms with Crippen molar-refractivity contribution >= 4 is 15.7 Å². The number of sulfone groups is 1. The quantitative estimate of drug-likeness (QED) is 0.917. The first-order chi connectivity index (χ1) is 8.85. The van der Waals surface area contributed by atoms with Gasteiger partial charge in [0.2, 0.25) is 0 Å². The van der Waals surface area contributed by atoms with E-state index in [2.05, 4.69) is 15.3 Å². The Kier molecular flexibility index (Phi) is 4.08. The van der Waals surface area contributed by atoms with Crippen molar-refractivity contribution in [3.63, 3.8) is 0 Å². The summed E-state index contributed by atoms with van der Waals surface area (Å²) in [7, 11) is -2.89. The lowest BCUT2D eigenvalue weighted by molar-refractivity contribution is 0.561. The van der Waals surface area contributed by atoms with E-state index in [0.29, 0.717) is 5.75 Å². The van der Waals surface area contributed by atoms with E-state index >= 15 is 0 Å². The number of nitrogens with zero attached hydrogens (tertiary/aromatic N) is 2. The van der Waals surface area contributed by atoms with E-state index in [4.69, 9.17) is 0 Å². The highest BCUT2D eigenvalue weighted by molar-refractivity contribution is 7.91. The lowest BCUT2D eigenvalue weighted by Crippen LogP contribution is -2.35. The van der Waals surface area contributed by atoms with Gasteiger partial charge in [-0.2, -0.15) is 0 Å². The predicted molar refractivity (Wildman–Crippen MR) is 76.2 cm³/mol. The Morgan fingerprint density at radius 3 is 2.74 bits per heavy atom. The van der Waals surface area contributed by atoms with Crippen molar-refractivity contribution in [1.82, 2.24) is 9.97 Å². The molecule has 1 N–H and O–H groups in total. The Balaban J connectivity index is 2.14. The van der Waals surface area contributed by atoms with Gasteiger partial charge in [0.15, 0.2) is 9.84 Å². The number of rotatable bonds is 3. The minimum absolute atomic E-state index is 0.0342. The first-order valence-electron chi connectivity index (χ1n) is 6.68. The van der Waals surface area contributed by atoms with Crippen molar-refractivity contribution in [2.75, 3.05) is 16.8 Å². The van der Waals surface area contributed by atoms with Gasteiger partial charge in [0, 0.05) is 23.7 Å². The van der Waals surface area contributed by atoms with Crippen LogP contribution in [0.3, 0.4) is 0 Å². The molecule has 1 aliphatic rings. The Labute approximate surface area is 114 Å². The Morgan fingerprint density at radius 2 is 2.11 bits per heavy atom. The standard InChI is InChI=1S/C13H21N3O2S/c1-9(2)13-14-10(3)7-12(16-13)15-11-5-4-6-19(17,18)8-11/h7,9,11H,4-6,8H2,1-3H3,(H,14,15,16). The van der Waals surface area contributed by atoms with E-state index in [-0.39, 0.29) is 17.7 Å². The van der Waals surface area contributed by atoms with Crippen molar-refractivity contribution in [2.45, 2.75) is 45.6 Å². The minimum atomic E-state index is -2.89. The largest absolute Gasteiger partial charge is 0.366 e. The number of hydrogen-bond donors (Lipinski definition) is 1. The molecule has 2 heterocycles. The molecule has 0 spiro atoms. The van der Waals surface area contributed by atoms with Crippen molar-refractivity contribution in [3.05, 3.63) is 17.6 Å². The molecule has 5 nitrogen and oxygen atoms in total. The highest BCUT2D eigenvalue weighted by Crippen LogP contribution is 2.18. The molecule has 0 aliphatic carbocycles. The number of aromatic nitrogens is 2. The van der Waals surface area contributed by atoms with Crippen LogP contribution >= 0.6 is 0 Å². The first-order valence-corrected chi connectivity index (χ1v) is 8.50. The zero-order valence-corrected chi connectivity index (χ0v) is 12.5. The Morgan fingerprint density at radius 1 is 1.37 bits per heavy atom. The number of nitrogens with one attached hydrogen (secondary N) is 1. The monoisotopic (exact) mass is 283 g/mol. The SMILES string of the molecule is Cc1cc(NC2CCCS(=O)(=O)C2)nc(C(C)C)n1. The summed E-state index contributed by atoms with van der Waals surface area (Å²) in [6.45, 7) is 6.02. The van der Waals surface area contributed by atoms with Crippen LogP contribution in [0.15, 0.2) is 6.07 Å². The summed E-state index contributed by atoms with van der Waals surface area (Å²) < 4.78 is 23.2. The molecule has 0 radical (unpaired) electrons. The molecule has 0 amide bonds. The Hall–Kier alpha value is -1.17. The molecule has 0 bridgehead atoms. The van der Waals surface area contributed by atoms with Crippen LogP contribution < -0.4 is 5.32 Å². The molecule has 0 saturated carbocycles. The average molecular weight is 283 g/mol. The maximum Gasteiger partial charge on any atom is 0.152 e. The summed E-state index contributed by atoms with van der Waals surface area (Å²) in [4.78, 5) is 8.84. The van der Waals surface area contributed by atoms with Crippen molar-refractivity contribution in [3.8, 4) is 0 Å². The Bertz CT molecular complexity index is 555. The lowest BCUT2D eigenvalue weighted by Gasteiger charge is -2.23. The van der Waals surface area contributed by atoms with Crippen LogP contribution in [0.4, 0.5) is 5.82 Å². The zero-order valence-electron chi connectivity index (χ0n) is 11.7.